The van der Waals surface area contributed by atoms with Gasteiger partial charge in [-0.3, -0.25) is 0 Å². The van der Waals surface area contributed by atoms with Gasteiger partial charge < -0.3 is 9.72 Å². The molecule has 0 bridgehead atoms. The first kappa shape index (κ1) is 13.5. The maximum absolute atomic E-state index is 11.8. The summed E-state index contributed by atoms with van der Waals surface area (Å²) in [6.07, 6.45) is 2.00. The average Bonchev–Trinajstić information content (AvgIpc) is 2.76. The maximum atomic E-state index is 11.8. The second kappa shape index (κ2) is 4.49. The molecule has 20 heavy (non-hydrogen) atoms. The first-order valence-electron chi connectivity index (χ1n) is 6.57. The number of fused-ring (bicyclic) bond motifs is 3. The molecule has 6 heteroatoms. The predicted molar refractivity (Wildman–Crippen MR) is 78.5 cm³/mol. The number of nitrogens with zero attached hydrogens (tertiary/aromatic N) is 1. The van der Waals surface area contributed by atoms with Crippen molar-refractivity contribution in [2.24, 2.45) is 0 Å². The van der Waals surface area contributed by atoms with E-state index in [9.17, 15) is 8.42 Å². The van der Waals surface area contributed by atoms with E-state index in [1.165, 1.54) is 11.8 Å². The molecule has 1 aliphatic heterocycles. The fourth-order valence-corrected chi connectivity index (χ4v) is 4.12. The SMILES string of the molecule is COc1ccc2c3c([nH]c2c1)C(C)N(S(C)(=O)=O)CC3. The van der Waals surface area contributed by atoms with Gasteiger partial charge in [-0.25, -0.2) is 8.42 Å². The molecule has 1 aliphatic rings. The minimum Gasteiger partial charge on any atom is -0.497 e. The Bertz CT molecular complexity index is 764. The van der Waals surface area contributed by atoms with E-state index in [4.69, 9.17) is 4.74 Å². The highest BCUT2D eigenvalue weighted by molar-refractivity contribution is 7.88. The predicted octanol–water partition coefficient (Wildman–Crippen LogP) is 2.06. The fraction of sp³-hybridized carbons (Fsp3) is 0.429. The van der Waals surface area contributed by atoms with E-state index in [0.29, 0.717) is 6.54 Å². The molecular weight excluding hydrogens is 276 g/mol. The highest BCUT2D eigenvalue weighted by Crippen LogP contribution is 2.36. The zero-order valence-corrected chi connectivity index (χ0v) is 12.6. The highest BCUT2D eigenvalue weighted by Gasteiger charge is 2.32. The number of aromatic nitrogens is 1. The monoisotopic (exact) mass is 294 g/mol. The number of hydrogen-bond acceptors (Lipinski definition) is 3. The average molecular weight is 294 g/mol. The Balaban J connectivity index is 2.14. The van der Waals surface area contributed by atoms with Crippen molar-refractivity contribution in [2.75, 3.05) is 19.9 Å². The third-order valence-electron chi connectivity index (χ3n) is 4.00. The van der Waals surface area contributed by atoms with Crippen LogP contribution >= 0.6 is 0 Å². The van der Waals surface area contributed by atoms with Gasteiger partial charge in [-0.15, -0.1) is 0 Å². The first-order chi connectivity index (χ1) is 9.41. The van der Waals surface area contributed by atoms with Crippen LogP contribution in [0.3, 0.4) is 0 Å². The van der Waals surface area contributed by atoms with Crippen molar-refractivity contribution in [3.63, 3.8) is 0 Å². The van der Waals surface area contributed by atoms with Crippen LogP contribution in [0.1, 0.15) is 24.2 Å². The molecule has 1 N–H and O–H groups in total. The van der Waals surface area contributed by atoms with Crippen molar-refractivity contribution >= 4 is 20.9 Å². The summed E-state index contributed by atoms with van der Waals surface area (Å²) in [5.74, 6) is 0.795. The standard InChI is InChI=1S/C14H18N2O3S/c1-9-14-12(6-7-16(9)20(3,17)18)11-5-4-10(19-2)8-13(11)15-14/h4-5,8-9,15H,6-7H2,1-3H3. The number of H-pyrrole nitrogens is 1. The summed E-state index contributed by atoms with van der Waals surface area (Å²) in [4.78, 5) is 3.36. The molecule has 2 aromatic rings. The topological polar surface area (TPSA) is 62.4 Å². The molecule has 0 saturated heterocycles. The quantitative estimate of drug-likeness (QED) is 0.922. The van der Waals surface area contributed by atoms with Crippen LogP contribution in [0.4, 0.5) is 0 Å². The van der Waals surface area contributed by atoms with Crippen LogP contribution in [0.5, 0.6) is 5.75 Å². The molecule has 0 aliphatic carbocycles. The summed E-state index contributed by atoms with van der Waals surface area (Å²) in [6, 6.07) is 5.76. The summed E-state index contributed by atoms with van der Waals surface area (Å²) in [6.45, 7) is 2.46. The first-order valence-corrected chi connectivity index (χ1v) is 8.42. The molecule has 0 fully saturated rings. The molecule has 0 spiro atoms. The number of aromatic amines is 1. The van der Waals surface area contributed by atoms with E-state index in [2.05, 4.69) is 4.98 Å². The van der Waals surface area contributed by atoms with Crippen LogP contribution < -0.4 is 4.74 Å². The molecule has 108 valence electrons. The second-order valence-electron chi connectivity index (χ2n) is 5.23. The van der Waals surface area contributed by atoms with Crippen molar-refractivity contribution in [3.8, 4) is 5.75 Å². The van der Waals surface area contributed by atoms with Crippen molar-refractivity contribution in [3.05, 3.63) is 29.5 Å². The van der Waals surface area contributed by atoms with Gasteiger partial charge in [-0.05, 0) is 31.0 Å². The van der Waals surface area contributed by atoms with E-state index in [1.807, 2.05) is 25.1 Å². The van der Waals surface area contributed by atoms with Gasteiger partial charge >= 0.3 is 0 Å². The molecule has 1 unspecified atom stereocenters. The summed E-state index contributed by atoms with van der Waals surface area (Å²) < 4.78 is 30.4. The molecular formula is C14H18N2O3S. The Kier molecular flexibility index (Phi) is 3.02. The molecule has 0 saturated carbocycles. The Hall–Kier alpha value is -1.53. The van der Waals surface area contributed by atoms with Crippen molar-refractivity contribution in [1.29, 1.82) is 0 Å². The minimum atomic E-state index is -3.18. The third kappa shape index (κ3) is 1.99. The van der Waals surface area contributed by atoms with E-state index in [0.717, 1.165) is 28.8 Å². The number of ether oxygens (including phenoxy) is 1. The number of rotatable bonds is 2. The lowest BCUT2D eigenvalue weighted by molar-refractivity contribution is 0.325. The van der Waals surface area contributed by atoms with Gasteiger partial charge in [-0.1, -0.05) is 0 Å². The lowest BCUT2D eigenvalue weighted by atomic mass is 10.0. The van der Waals surface area contributed by atoms with Gasteiger partial charge in [0, 0.05) is 29.2 Å². The van der Waals surface area contributed by atoms with Gasteiger partial charge in [0.05, 0.1) is 19.4 Å². The zero-order chi connectivity index (χ0) is 14.5. The van der Waals surface area contributed by atoms with E-state index in [1.54, 1.807) is 11.4 Å². The lowest BCUT2D eigenvalue weighted by Gasteiger charge is -2.31. The lowest BCUT2D eigenvalue weighted by Crippen LogP contribution is -2.38. The maximum Gasteiger partial charge on any atom is 0.211 e. The summed E-state index contributed by atoms with van der Waals surface area (Å²) >= 11 is 0. The molecule has 2 heterocycles. The normalized spacial score (nSPS) is 20.1. The summed E-state index contributed by atoms with van der Waals surface area (Å²) in [5, 5.41) is 1.15. The number of methoxy groups -OCH3 is 1. The van der Waals surface area contributed by atoms with Gasteiger partial charge in [0.1, 0.15) is 5.75 Å². The van der Waals surface area contributed by atoms with Crippen molar-refractivity contribution in [1.82, 2.24) is 9.29 Å². The van der Waals surface area contributed by atoms with Crippen LogP contribution in [-0.2, 0) is 16.4 Å². The molecule has 3 rings (SSSR count). The highest BCUT2D eigenvalue weighted by atomic mass is 32.2. The smallest absolute Gasteiger partial charge is 0.211 e. The largest absolute Gasteiger partial charge is 0.497 e. The Labute approximate surface area is 118 Å². The van der Waals surface area contributed by atoms with Crippen LogP contribution in [0.2, 0.25) is 0 Å². The zero-order valence-electron chi connectivity index (χ0n) is 11.8. The Morgan fingerprint density at radius 3 is 2.80 bits per heavy atom. The number of benzene rings is 1. The van der Waals surface area contributed by atoms with Crippen molar-refractivity contribution < 1.29 is 13.2 Å². The Morgan fingerprint density at radius 2 is 2.15 bits per heavy atom. The van der Waals surface area contributed by atoms with Crippen LogP contribution in [0.15, 0.2) is 18.2 Å². The summed E-state index contributed by atoms with van der Waals surface area (Å²) in [7, 11) is -1.54. The number of hydrogen-bond donors (Lipinski definition) is 1. The van der Waals surface area contributed by atoms with Crippen LogP contribution in [-0.4, -0.2) is 37.6 Å². The van der Waals surface area contributed by atoms with E-state index >= 15 is 0 Å². The molecule has 1 aromatic carbocycles. The van der Waals surface area contributed by atoms with Gasteiger partial charge in [-0.2, -0.15) is 4.31 Å². The fourth-order valence-electron chi connectivity index (χ4n) is 3.02. The molecule has 0 radical (unpaired) electrons. The van der Waals surface area contributed by atoms with Crippen LogP contribution in [0.25, 0.3) is 10.9 Å². The molecule has 1 aromatic heterocycles. The molecule has 5 nitrogen and oxygen atoms in total. The molecule has 1 atom stereocenters. The van der Waals surface area contributed by atoms with Crippen molar-refractivity contribution in [2.45, 2.75) is 19.4 Å². The Morgan fingerprint density at radius 1 is 1.40 bits per heavy atom. The van der Waals surface area contributed by atoms with E-state index in [-0.39, 0.29) is 6.04 Å². The van der Waals surface area contributed by atoms with Gasteiger partial charge in [0.15, 0.2) is 0 Å². The number of sulfonamides is 1. The van der Waals surface area contributed by atoms with Crippen LogP contribution in [0, 0.1) is 0 Å². The third-order valence-corrected chi connectivity index (χ3v) is 5.36. The summed E-state index contributed by atoms with van der Waals surface area (Å²) in [5.41, 5.74) is 3.21. The second-order valence-corrected chi connectivity index (χ2v) is 7.16. The van der Waals surface area contributed by atoms with Gasteiger partial charge in [0.25, 0.3) is 0 Å². The minimum absolute atomic E-state index is 0.160. The van der Waals surface area contributed by atoms with Gasteiger partial charge in [0.2, 0.25) is 10.0 Å². The van der Waals surface area contributed by atoms with E-state index < -0.39 is 10.0 Å². The number of nitrogens with one attached hydrogen (secondary N) is 1. The molecule has 0 amide bonds.